The van der Waals surface area contributed by atoms with Crippen molar-refractivity contribution in [3.63, 3.8) is 0 Å². The Morgan fingerprint density at radius 2 is 2.00 bits per heavy atom. The Hall–Kier alpha value is -2.01. The number of ketones is 1. The third-order valence-corrected chi connectivity index (χ3v) is 3.74. The lowest BCUT2D eigenvalue weighted by molar-refractivity contribution is 0.0980. The van der Waals surface area contributed by atoms with E-state index in [0.29, 0.717) is 18.3 Å². The Labute approximate surface area is 118 Å². The fourth-order valence-corrected chi connectivity index (χ4v) is 2.64. The highest BCUT2D eigenvalue weighted by atomic mass is 16.1. The topological polar surface area (TPSA) is 59.8 Å². The quantitative estimate of drug-likeness (QED) is 0.844. The average Bonchev–Trinajstić information content (AvgIpc) is 3.17. The van der Waals surface area contributed by atoms with Crippen LogP contribution in [0.1, 0.15) is 36.2 Å². The number of carbonyl (C=O) groups is 1. The zero-order valence-corrected chi connectivity index (χ0v) is 11.3. The lowest BCUT2D eigenvalue weighted by atomic mass is 10.2. The lowest BCUT2D eigenvalue weighted by Crippen LogP contribution is -2.32. The van der Waals surface area contributed by atoms with Crippen molar-refractivity contribution >= 4 is 5.78 Å². The molecule has 1 saturated carbocycles. The molecule has 1 aliphatic rings. The van der Waals surface area contributed by atoms with Gasteiger partial charge in [-0.2, -0.15) is 0 Å². The maximum Gasteiger partial charge on any atom is 0.196 e. The number of rotatable bonds is 5. The van der Waals surface area contributed by atoms with E-state index in [-0.39, 0.29) is 5.78 Å². The Balaban J connectivity index is 1.70. The molecular formula is C15H18N4O. The summed E-state index contributed by atoms with van der Waals surface area (Å²) in [5, 5.41) is 11.2. The van der Waals surface area contributed by atoms with Crippen molar-refractivity contribution in [3.8, 4) is 5.69 Å². The second-order valence-electron chi connectivity index (χ2n) is 5.15. The normalized spacial score (nSPS) is 15.6. The molecule has 0 radical (unpaired) electrons. The molecule has 1 fully saturated rings. The molecule has 104 valence electrons. The van der Waals surface area contributed by atoms with Crippen molar-refractivity contribution in [2.24, 2.45) is 0 Å². The van der Waals surface area contributed by atoms with Crippen LogP contribution in [0.15, 0.2) is 36.5 Å². The van der Waals surface area contributed by atoms with Gasteiger partial charge in [-0.1, -0.05) is 36.3 Å². The lowest BCUT2D eigenvalue weighted by Gasteiger charge is -2.11. The third-order valence-electron chi connectivity index (χ3n) is 3.74. The molecule has 0 amide bonds. The van der Waals surface area contributed by atoms with Gasteiger partial charge in [-0.25, -0.2) is 4.68 Å². The first-order valence-corrected chi connectivity index (χ1v) is 7.07. The summed E-state index contributed by atoms with van der Waals surface area (Å²) in [5.41, 5.74) is 1.39. The smallest absolute Gasteiger partial charge is 0.196 e. The first-order valence-electron chi connectivity index (χ1n) is 7.07. The molecule has 1 aromatic carbocycles. The van der Waals surface area contributed by atoms with Crippen LogP contribution in [0.5, 0.6) is 0 Å². The number of Topliss-reactive ketones (excluding diaryl/α,β-unsaturated/α-hetero) is 1. The van der Waals surface area contributed by atoms with Crippen LogP contribution < -0.4 is 5.32 Å². The van der Waals surface area contributed by atoms with E-state index >= 15 is 0 Å². The van der Waals surface area contributed by atoms with Crippen LogP contribution in [0.3, 0.4) is 0 Å². The minimum atomic E-state index is 0.0331. The van der Waals surface area contributed by atoms with Gasteiger partial charge in [0.05, 0.1) is 18.4 Å². The number of hydrogen-bond acceptors (Lipinski definition) is 4. The van der Waals surface area contributed by atoms with Gasteiger partial charge in [0.2, 0.25) is 0 Å². The Morgan fingerprint density at radius 1 is 1.25 bits per heavy atom. The molecule has 1 heterocycles. The van der Waals surface area contributed by atoms with E-state index in [4.69, 9.17) is 0 Å². The summed E-state index contributed by atoms with van der Waals surface area (Å²) >= 11 is 0. The van der Waals surface area contributed by atoms with E-state index in [1.165, 1.54) is 31.9 Å². The number of nitrogens with one attached hydrogen (secondary N) is 1. The summed E-state index contributed by atoms with van der Waals surface area (Å²) in [6.07, 6.45) is 6.39. The number of carbonyl (C=O) groups excluding carboxylic acids is 1. The van der Waals surface area contributed by atoms with Crippen LogP contribution in [0.4, 0.5) is 0 Å². The number of aromatic nitrogens is 3. The van der Waals surface area contributed by atoms with Crippen LogP contribution in [-0.2, 0) is 0 Å². The highest BCUT2D eigenvalue weighted by Gasteiger charge is 2.18. The van der Waals surface area contributed by atoms with Crippen LogP contribution in [-0.4, -0.2) is 33.4 Å². The van der Waals surface area contributed by atoms with Crippen LogP contribution in [0.25, 0.3) is 5.69 Å². The van der Waals surface area contributed by atoms with E-state index in [9.17, 15) is 4.79 Å². The molecule has 0 unspecified atom stereocenters. The minimum Gasteiger partial charge on any atom is -0.307 e. The molecule has 2 aromatic rings. The van der Waals surface area contributed by atoms with Gasteiger partial charge in [-0.3, -0.25) is 4.79 Å². The average molecular weight is 270 g/mol. The van der Waals surface area contributed by atoms with Crippen molar-refractivity contribution in [1.82, 2.24) is 20.3 Å². The molecular weight excluding hydrogens is 252 g/mol. The van der Waals surface area contributed by atoms with Gasteiger partial charge >= 0.3 is 0 Å². The monoisotopic (exact) mass is 270 g/mol. The Bertz CT molecular complexity index is 573. The van der Waals surface area contributed by atoms with Crippen LogP contribution in [0.2, 0.25) is 0 Å². The third kappa shape index (κ3) is 2.77. The fraction of sp³-hybridized carbons (Fsp3) is 0.400. The van der Waals surface area contributed by atoms with E-state index < -0.39 is 0 Å². The van der Waals surface area contributed by atoms with E-state index in [1.807, 2.05) is 30.3 Å². The van der Waals surface area contributed by atoms with Gasteiger partial charge in [-0.15, -0.1) is 5.10 Å². The Morgan fingerprint density at radius 3 is 2.75 bits per heavy atom. The first-order chi connectivity index (χ1) is 9.84. The maximum atomic E-state index is 12.3. The molecule has 0 bridgehead atoms. The molecule has 5 heteroatoms. The summed E-state index contributed by atoms with van der Waals surface area (Å²) in [5.74, 6) is 0.0331. The highest BCUT2D eigenvalue weighted by Crippen LogP contribution is 2.17. The largest absolute Gasteiger partial charge is 0.307 e. The van der Waals surface area contributed by atoms with Gasteiger partial charge in [0.25, 0.3) is 0 Å². The molecule has 0 saturated heterocycles. The van der Waals surface area contributed by atoms with E-state index in [1.54, 1.807) is 4.68 Å². The SMILES string of the molecule is O=C(CNC1CCCC1)c1cnnn1-c1ccccc1. The van der Waals surface area contributed by atoms with Crippen molar-refractivity contribution in [1.29, 1.82) is 0 Å². The van der Waals surface area contributed by atoms with Crippen molar-refractivity contribution in [2.75, 3.05) is 6.54 Å². The van der Waals surface area contributed by atoms with Crippen LogP contribution in [0, 0.1) is 0 Å². The van der Waals surface area contributed by atoms with Gasteiger partial charge < -0.3 is 5.32 Å². The predicted octanol–water partition coefficient (Wildman–Crippen LogP) is 1.98. The van der Waals surface area contributed by atoms with Crippen LogP contribution >= 0.6 is 0 Å². The fourth-order valence-electron chi connectivity index (χ4n) is 2.64. The van der Waals surface area contributed by atoms with Crippen molar-refractivity contribution in [3.05, 3.63) is 42.2 Å². The highest BCUT2D eigenvalue weighted by molar-refractivity contribution is 5.96. The first kappa shape index (κ1) is 13.0. The number of nitrogens with zero attached hydrogens (tertiary/aromatic N) is 3. The molecule has 1 aromatic heterocycles. The molecule has 0 atom stereocenters. The minimum absolute atomic E-state index is 0.0331. The zero-order chi connectivity index (χ0) is 13.8. The number of hydrogen-bond donors (Lipinski definition) is 1. The molecule has 1 N–H and O–H groups in total. The Kier molecular flexibility index (Phi) is 3.87. The summed E-state index contributed by atoms with van der Waals surface area (Å²) in [4.78, 5) is 12.3. The number of benzene rings is 1. The second-order valence-corrected chi connectivity index (χ2v) is 5.15. The van der Waals surface area contributed by atoms with Gasteiger partial charge in [0.1, 0.15) is 5.69 Å². The molecule has 20 heavy (non-hydrogen) atoms. The predicted molar refractivity (Wildman–Crippen MR) is 75.9 cm³/mol. The van der Waals surface area contributed by atoms with Crippen molar-refractivity contribution in [2.45, 2.75) is 31.7 Å². The maximum absolute atomic E-state index is 12.3. The molecule has 0 aliphatic heterocycles. The molecule has 0 spiro atoms. The summed E-state index contributed by atoms with van der Waals surface area (Å²) in [7, 11) is 0. The number of para-hydroxylation sites is 1. The molecule has 5 nitrogen and oxygen atoms in total. The van der Waals surface area contributed by atoms with Gasteiger partial charge in [0.15, 0.2) is 5.78 Å². The van der Waals surface area contributed by atoms with Crippen molar-refractivity contribution < 1.29 is 4.79 Å². The summed E-state index contributed by atoms with van der Waals surface area (Å²) in [6, 6.07) is 10.1. The standard InChI is InChI=1S/C15H18N4O/c20-15(11-16-12-6-4-5-7-12)14-10-17-18-19(14)13-8-2-1-3-9-13/h1-3,8-10,12,16H,4-7,11H2. The molecule has 1 aliphatic carbocycles. The van der Waals surface area contributed by atoms with E-state index in [0.717, 1.165) is 5.69 Å². The summed E-state index contributed by atoms with van der Waals surface area (Å²) in [6.45, 7) is 0.352. The zero-order valence-electron chi connectivity index (χ0n) is 11.3. The summed E-state index contributed by atoms with van der Waals surface area (Å²) < 4.78 is 1.60. The van der Waals surface area contributed by atoms with Gasteiger partial charge in [-0.05, 0) is 25.0 Å². The molecule has 3 rings (SSSR count). The van der Waals surface area contributed by atoms with Gasteiger partial charge in [0, 0.05) is 6.04 Å². The second kappa shape index (κ2) is 5.96. The van der Waals surface area contributed by atoms with E-state index in [2.05, 4.69) is 15.6 Å².